The molecule has 6 N–H and O–H groups in total. The number of nitrogen functional groups attached to an aromatic ring is 1. The lowest BCUT2D eigenvalue weighted by Gasteiger charge is -2.25. The molecule has 1 aliphatic carbocycles. The van der Waals surface area contributed by atoms with Crippen LogP contribution in [0.5, 0.6) is 5.75 Å². The van der Waals surface area contributed by atoms with Crippen molar-refractivity contribution in [3.63, 3.8) is 0 Å². The third kappa shape index (κ3) is 6.36. The lowest BCUT2D eigenvalue weighted by Crippen LogP contribution is -2.24. The van der Waals surface area contributed by atoms with Gasteiger partial charge in [0.1, 0.15) is 5.75 Å². The highest BCUT2D eigenvalue weighted by Gasteiger charge is 2.35. The van der Waals surface area contributed by atoms with E-state index in [1.165, 1.54) is 25.1 Å². The van der Waals surface area contributed by atoms with Crippen molar-refractivity contribution in [2.24, 2.45) is 5.92 Å². The van der Waals surface area contributed by atoms with Gasteiger partial charge >= 0.3 is 6.18 Å². The van der Waals surface area contributed by atoms with Gasteiger partial charge in [-0.2, -0.15) is 18.2 Å². The summed E-state index contributed by atoms with van der Waals surface area (Å²) in [4.78, 5) is 4.58. The molecule has 8 nitrogen and oxygen atoms in total. The van der Waals surface area contributed by atoms with Gasteiger partial charge in [-0.25, -0.2) is 5.10 Å². The van der Waals surface area contributed by atoms with E-state index in [0.29, 0.717) is 11.7 Å². The Morgan fingerprint density at radius 1 is 1.22 bits per heavy atom. The minimum absolute atomic E-state index is 0.0180. The van der Waals surface area contributed by atoms with Crippen molar-refractivity contribution in [3.8, 4) is 16.9 Å². The maximum Gasteiger partial charge on any atom is 0.417 e. The molecule has 1 aromatic heterocycles. The van der Waals surface area contributed by atoms with Crippen LogP contribution in [0, 0.1) is 5.92 Å². The number of nitrogens with zero attached hydrogens (tertiary/aromatic N) is 2. The number of ether oxygens (including phenoxy) is 1. The summed E-state index contributed by atoms with van der Waals surface area (Å²) in [6.07, 6.45) is -1.36. The van der Waals surface area contributed by atoms with Crippen molar-refractivity contribution >= 4 is 41.1 Å². The van der Waals surface area contributed by atoms with Gasteiger partial charge in [-0.1, -0.05) is 17.7 Å². The first-order valence-corrected chi connectivity index (χ1v) is 12.4. The number of H-pyrrole nitrogens is 1. The minimum Gasteiger partial charge on any atom is -0.496 e. The first kappa shape index (κ1) is 26.4. The number of alkyl halides is 3. The number of aromatic amines is 1. The maximum atomic E-state index is 14.1. The Hall–Kier alpha value is -2.67. The van der Waals surface area contributed by atoms with Crippen molar-refractivity contribution in [1.29, 1.82) is 0 Å². The third-order valence-electron chi connectivity index (χ3n) is 5.98. The number of aromatic nitrogens is 3. The predicted molar refractivity (Wildman–Crippen MR) is 134 cm³/mol. The molecular formula is C23H26ClF3N6O2S. The van der Waals surface area contributed by atoms with E-state index in [-0.39, 0.29) is 39.8 Å². The van der Waals surface area contributed by atoms with Gasteiger partial charge in [0.05, 0.1) is 28.7 Å². The molecule has 4 rings (SSSR count). The molecule has 1 saturated carbocycles. The first-order valence-electron chi connectivity index (χ1n) is 11.3. The Balaban J connectivity index is 1.57. The number of hydrogen-bond donors (Lipinski definition) is 5. The molecule has 2 aromatic carbocycles. The molecule has 1 heterocycles. The molecule has 1 aliphatic rings. The molecule has 0 spiro atoms. The van der Waals surface area contributed by atoms with Crippen LogP contribution in [0.15, 0.2) is 35.2 Å². The van der Waals surface area contributed by atoms with Crippen molar-refractivity contribution in [3.05, 3.63) is 40.9 Å². The van der Waals surface area contributed by atoms with Crippen LogP contribution in [-0.4, -0.2) is 40.0 Å². The topological polar surface area (TPSA) is 121 Å². The van der Waals surface area contributed by atoms with E-state index >= 15 is 0 Å². The SMILES string of the molecule is COc1cc(-c2c(Cl)cc(Nc3n[nH]c(N)n3)cc2C(F)(F)F)ccc1SNCC1CCC(O)CC1. The highest BCUT2D eigenvalue weighted by Crippen LogP contribution is 2.45. The van der Waals surface area contributed by atoms with Crippen LogP contribution in [-0.2, 0) is 6.18 Å². The van der Waals surface area contributed by atoms with Gasteiger partial charge in [-0.15, -0.1) is 5.10 Å². The van der Waals surface area contributed by atoms with Crippen LogP contribution in [0.25, 0.3) is 11.1 Å². The second-order valence-electron chi connectivity index (χ2n) is 8.54. The van der Waals surface area contributed by atoms with E-state index in [9.17, 15) is 18.3 Å². The normalized spacial score (nSPS) is 18.3. The van der Waals surface area contributed by atoms with Crippen LogP contribution in [0.1, 0.15) is 31.2 Å². The summed E-state index contributed by atoms with van der Waals surface area (Å²) < 4.78 is 51.0. The fraction of sp³-hybridized carbons (Fsp3) is 0.391. The van der Waals surface area contributed by atoms with Crippen LogP contribution in [0.4, 0.5) is 30.8 Å². The molecule has 0 amide bonds. The summed E-state index contributed by atoms with van der Waals surface area (Å²) in [6, 6.07) is 7.15. The molecule has 0 saturated heterocycles. The molecular weight excluding hydrogens is 517 g/mol. The highest BCUT2D eigenvalue weighted by molar-refractivity contribution is 7.97. The van der Waals surface area contributed by atoms with Gasteiger partial charge in [0, 0.05) is 17.8 Å². The van der Waals surface area contributed by atoms with Crippen molar-refractivity contribution in [2.75, 3.05) is 24.7 Å². The van der Waals surface area contributed by atoms with Crippen LogP contribution < -0.4 is 20.5 Å². The number of benzene rings is 2. The largest absolute Gasteiger partial charge is 0.496 e. The van der Waals surface area contributed by atoms with Gasteiger partial charge in [0.2, 0.25) is 11.9 Å². The van der Waals surface area contributed by atoms with Gasteiger partial charge in [-0.05, 0) is 73.4 Å². The fourth-order valence-corrected chi connectivity index (χ4v) is 5.33. The fourth-order valence-electron chi connectivity index (χ4n) is 4.15. The summed E-state index contributed by atoms with van der Waals surface area (Å²) in [5.74, 6) is 0.934. The molecule has 36 heavy (non-hydrogen) atoms. The number of methoxy groups -OCH3 is 1. The number of nitrogens with one attached hydrogen (secondary N) is 3. The third-order valence-corrected chi connectivity index (χ3v) is 7.14. The quantitative estimate of drug-likeness (QED) is 0.232. The van der Waals surface area contributed by atoms with E-state index in [2.05, 4.69) is 25.2 Å². The van der Waals surface area contributed by atoms with Crippen molar-refractivity contribution in [2.45, 2.75) is 42.9 Å². The smallest absolute Gasteiger partial charge is 0.417 e. The van der Waals surface area contributed by atoms with Gasteiger partial charge in [0.15, 0.2) is 0 Å². The second kappa shape index (κ2) is 11.2. The van der Waals surface area contributed by atoms with E-state index in [4.69, 9.17) is 22.1 Å². The Morgan fingerprint density at radius 2 is 1.97 bits per heavy atom. The van der Waals surface area contributed by atoms with Crippen molar-refractivity contribution in [1.82, 2.24) is 19.9 Å². The Bertz CT molecular complexity index is 1200. The molecule has 0 bridgehead atoms. The first-order chi connectivity index (χ1) is 17.1. The number of rotatable bonds is 8. The van der Waals surface area contributed by atoms with Crippen molar-refractivity contribution < 1.29 is 23.0 Å². The summed E-state index contributed by atoms with van der Waals surface area (Å²) in [6.45, 7) is 0.761. The van der Waals surface area contributed by atoms with Crippen LogP contribution in [0.2, 0.25) is 5.02 Å². The van der Waals surface area contributed by atoms with E-state index < -0.39 is 11.7 Å². The van der Waals surface area contributed by atoms with Gasteiger partial charge in [-0.3, -0.25) is 4.72 Å². The number of nitrogens with two attached hydrogens (primary N) is 1. The predicted octanol–water partition coefficient (Wildman–Crippen LogP) is 5.63. The zero-order valence-electron chi connectivity index (χ0n) is 19.3. The molecule has 0 atom stereocenters. The maximum absolute atomic E-state index is 14.1. The average Bonchev–Trinajstić information content (AvgIpc) is 3.24. The molecule has 0 radical (unpaired) electrons. The number of aliphatic hydroxyl groups excluding tert-OH is 1. The summed E-state index contributed by atoms with van der Waals surface area (Å²) in [7, 11) is 1.47. The standard InChI is InChI=1S/C23H26ClF3N6O2S/c1-35-18-8-13(4-7-19(18)36-29-11-12-2-5-15(34)6-3-12)20-16(23(25,26)27)9-14(10-17(20)24)30-22-31-21(28)32-33-22/h4,7-10,12,15,29,34H,2-3,5-6,11H2,1H3,(H4,28,30,31,32,33). The Labute approximate surface area is 215 Å². The number of hydrogen-bond acceptors (Lipinski definition) is 8. The van der Waals surface area contributed by atoms with E-state index in [0.717, 1.165) is 43.2 Å². The van der Waals surface area contributed by atoms with Gasteiger partial charge in [0.25, 0.3) is 0 Å². The molecule has 0 unspecified atom stereocenters. The number of anilines is 3. The Kier molecular flexibility index (Phi) is 8.18. The average molecular weight is 543 g/mol. The number of halogens is 4. The zero-order chi connectivity index (χ0) is 25.9. The lowest BCUT2D eigenvalue weighted by atomic mass is 9.88. The summed E-state index contributed by atoms with van der Waals surface area (Å²) in [5.41, 5.74) is 4.73. The van der Waals surface area contributed by atoms with Gasteiger partial charge < -0.3 is 20.9 Å². The Morgan fingerprint density at radius 3 is 2.61 bits per heavy atom. The van der Waals surface area contributed by atoms with Crippen LogP contribution in [0.3, 0.4) is 0 Å². The summed E-state index contributed by atoms with van der Waals surface area (Å²) >= 11 is 7.73. The lowest BCUT2D eigenvalue weighted by molar-refractivity contribution is -0.137. The summed E-state index contributed by atoms with van der Waals surface area (Å²) in [5, 5.41) is 18.4. The molecule has 0 aliphatic heterocycles. The van der Waals surface area contributed by atoms with E-state index in [1.54, 1.807) is 18.2 Å². The van der Waals surface area contributed by atoms with Crippen LogP contribution >= 0.6 is 23.5 Å². The monoisotopic (exact) mass is 542 g/mol. The zero-order valence-corrected chi connectivity index (χ0v) is 20.9. The molecule has 13 heteroatoms. The minimum atomic E-state index is -4.68. The molecule has 194 valence electrons. The highest BCUT2D eigenvalue weighted by atomic mass is 35.5. The molecule has 1 fully saturated rings. The molecule has 3 aromatic rings. The second-order valence-corrected chi connectivity index (χ2v) is 9.88. The number of aliphatic hydroxyl groups is 1. The van der Waals surface area contributed by atoms with E-state index in [1.807, 2.05) is 0 Å².